The lowest BCUT2D eigenvalue weighted by Gasteiger charge is -2.26. The van der Waals surface area contributed by atoms with Gasteiger partial charge >= 0.3 is 0 Å². The van der Waals surface area contributed by atoms with Crippen LogP contribution in [0.25, 0.3) is 11.0 Å². The van der Waals surface area contributed by atoms with Crippen LogP contribution in [0.3, 0.4) is 0 Å². The van der Waals surface area contributed by atoms with E-state index in [4.69, 9.17) is 9.47 Å². The molecule has 5 rings (SSSR count). The van der Waals surface area contributed by atoms with Crippen molar-refractivity contribution in [1.82, 2.24) is 14.9 Å². The first-order valence-electron chi connectivity index (χ1n) is 11.5. The molecule has 1 saturated carbocycles. The molecule has 176 valence electrons. The molecule has 2 aromatic heterocycles. The summed E-state index contributed by atoms with van der Waals surface area (Å²) in [5.74, 6) is 0.288. The maximum absolute atomic E-state index is 15.1. The van der Waals surface area contributed by atoms with Gasteiger partial charge in [-0.3, -0.25) is 0 Å². The van der Waals surface area contributed by atoms with Crippen LogP contribution in [-0.4, -0.2) is 50.7 Å². The molecule has 1 aromatic carbocycles. The van der Waals surface area contributed by atoms with Gasteiger partial charge in [-0.1, -0.05) is 0 Å². The van der Waals surface area contributed by atoms with Gasteiger partial charge in [-0.2, -0.15) is 0 Å². The molecule has 7 nitrogen and oxygen atoms in total. The van der Waals surface area contributed by atoms with Gasteiger partial charge in [0.1, 0.15) is 29.7 Å². The van der Waals surface area contributed by atoms with Crippen LogP contribution in [0, 0.1) is 12.7 Å². The summed E-state index contributed by atoms with van der Waals surface area (Å²) in [6, 6.07) is 5.10. The normalized spacial score (nSPS) is 24.9. The first-order valence-corrected chi connectivity index (χ1v) is 11.5. The number of halogens is 1. The molecule has 1 aliphatic heterocycles. The third-order valence-corrected chi connectivity index (χ3v) is 6.69. The molecule has 1 aliphatic carbocycles. The van der Waals surface area contributed by atoms with Gasteiger partial charge in [0.05, 0.1) is 12.1 Å². The first kappa shape index (κ1) is 22.1. The summed E-state index contributed by atoms with van der Waals surface area (Å²) in [5, 5.41) is 26.0. The second kappa shape index (κ2) is 8.59. The fourth-order valence-corrected chi connectivity index (χ4v) is 5.01. The lowest BCUT2D eigenvalue weighted by atomic mass is 9.98. The van der Waals surface area contributed by atoms with Gasteiger partial charge in [-0.15, -0.1) is 0 Å². The highest BCUT2D eigenvalue weighted by Gasteiger charge is 2.45. The van der Waals surface area contributed by atoms with Crippen molar-refractivity contribution in [1.29, 1.82) is 0 Å². The van der Waals surface area contributed by atoms with Gasteiger partial charge in [-0.05, 0) is 51.4 Å². The van der Waals surface area contributed by atoms with E-state index in [1.165, 1.54) is 0 Å². The van der Waals surface area contributed by atoms with E-state index in [0.717, 1.165) is 22.2 Å². The van der Waals surface area contributed by atoms with Crippen LogP contribution in [0.4, 0.5) is 4.39 Å². The Morgan fingerprint density at radius 3 is 2.79 bits per heavy atom. The van der Waals surface area contributed by atoms with E-state index in [2.05, 4.69) is 10.3 Å². The number of hydrogen-bond donors (Lipinski definition) is 3. The maximum Gasteiger partial charge on any atom is 0.168 e. The Morgan fingerprint density at radius 1 is 1.18 bits per heavy atom. The van der Waals surface area contributed by atoms with Crippen LogP contribution < -0.4 is 14.8 Å². The van der Waals surface area contributed by atoms with Gasteiger partial charge in [0.2, 0.25) is 0 Å². The number of fused-ring (bicyclic) bond motifs is 2. The summed E-state index contributed by atoms with van der Waals surface area (Å²) in [7, 11) is 0. The zero-order valence-electron chi connectivity index (χ0n) is 19.1. The fourth-order valence-electron chi connectivity index (χ4n) is 5.01. The van der Waals surface area contributed by atoms with Crippen molar-refractivity contribution < 1.29 is 24.1 Å². The molecular weight excluding hydrogens is 425 g/mol. The Morgan fingerprint density at radius 2 is 2.00 bits per heavy atom. The van der Waals surface area contributed by atoms with E-state index in [9.17, 15) is 10.2 Å². The summed E-state index contributed by atoms with van der Waals surface area (Å²) >= 11 is 0. The number of benzene rings is 1. The molecule has 0 saturated heterocycles. The van der Waals surface area contributed by atoms with Gasteiger partial charge in [0, 0.05) is 47.9 Å². The van der Waals surface area contributed by atoms with Gasteiger partial charge in [-0.25, -0.2) is 9.37 Å². The molecule has 0 radical (unpaired) electrons. The quantitative estimate of drug-likeness (QED) is 0.548. The third kappa shape index (κ3) is 3.86. The number of hydrogen-bond acceptors (Lipinski definition) is 6. The molecule has 3 heterocycles. The minimum Gasteiger partial charge on any atom is -0.488 e. The Bertz CT molecular complexity index is 1180. The summed E-state index contributed by atoms with van der Waals surface area (Å²) in [4.78, 5) is 4.48. The highest BCUT2D eigenvalue weighted by Crippen LogP contribution is 2.40. The average molecular weight is 456 g/mol. The number of rotatable bonds is 5. The maximum atomic E-state index is 15.1. The number of pyridine rings is 1. The van der Waals surface area contributed by atoms with Crippen LogP contribution in [0.15, 0.2) is 30.6 Å². The molecule has 0 spiro atoms. The van der Waals surface area contributed by atoms with Crippen molar-refractivity contribution >= 4 is 11.0 Å². The van der Waals surface area contributed by atoms with Crippen molar-refractivity contribution in [2.45, 2.75) is 70.6 Å². The standard InChI is InChI=1S/C25H30FN3O4/c1-13(2)32-20-11-19(17-12-27-7-5-16(17)22(20)26)33-21-10-18(23(30)24(21)31)29-9-6-15-14(3)4-8-28-25(15)29/h4,6,8-9,11,13,18,21,23-24,27,30-31H,5,7,10,12H2,1-3H3. The number of aliphatic hydroxyl groups excluding tert-OH is 2. The number of ether oxygens (including phenoxy) is 2. The number of nitrogens with one attached hydrogen (secondary N) is 1. The van der Waals surface area contributed by atoms with E-state index >= 15 is 4.39 Å². The smallest absolute Gasteiger partial charge is 0.168 e. The summed E-state index contributed by atoms with van der Waals surface area (Å²) in [6.45, 7) is 6.86. The lowest BCUT2D eigenvalue weighted by molar-refractivity contribution is -0.0167. The van der Waals surface area contributed by atoms with Crippen molar-refractivity contribution in [2.75, 3.05) is 6.54 Å². The van der Waals surface area contributed by atoms with E-state index in [1.807, 2.05) is 43.7 Å². The topological polar surface area (TPSA) is 88.8 Å². The van der Waals surface area contributed by atoms with Gasteiger partial charge < -0.3 is 29.6 Å². The molecule has 0 bridgehead atoms. The van der Waals surface area contributed by atoms with Crippen molar-refractivity contribution in [3.63, 3.8) is 0 Å². The second-order valence-electron chi connectivity index (χ2n) is 9.27. The van der Waals surface area contributed by atoms with E-state index in [1.54, 1.807) is 12.3 Å². The monoisotopic (exact) mass is 455 g/mol. The highest BCUT2D eigenvalue weighted by molar-refractivity contribution is 5.79. The van der Waals surface area contributed by atoms with E-state index in [0.29, 0.717) is 37.2 Å². The average Bonchev–Trinajstić information content (AvgIpc) is 3.34. The number of aryl methyl sites for hydroxylation is 1. The van der Waals surface area contributed by atoms with Crippen LogP contribution >= 0.6 is 0 Å². The molecule has 3 N–H and O–H groups in total. The number of aliphatic hydroxyl groups is 2. The number of aromatic nitrogens is 2. The first-order chi connectivity index (χ1) is 15.8. The third-order valence-electron chi connectivity index (χ3n) is 6.69. The Labute approximate surface area is 192 Å². The largest absolute Gasteiger partial charge is 0.488 e. The van der Waals surface area contributed by atoms with Crippen LogP contribution in [0.5, 0.6) is 11.5 Å². The second-order valence-corrected chi connectivity index (χ2v) is 9.27. The van der Waals surface area contributed by atoms with Crippen molar-refractivity contribution in [3.05, 3.63) is 53.1 Å². The highest BCUT2D eigenvalue weighted by atomic mass is 19.1. The molecular formula is C25H30FN3O4. The molecule has 33 heavy (non-hydrogen) atoms. The van der Waals surface area contributed by atoms with E-state index < -0.39 is 24.4 Å². The molecule has 1 fully saturated rings. The molecule has 4 atom stereocenters. The predicted octanol–water partition coefficient (Wildman–Crippen LogP) is 3.03. The van der Waals surface area contributed by atoms with Crippen LogP contribution in [0.2, 0.25) is 0 Å². The van der Waals surface area contributed by atoms with E-state index in [-0.39, 0.29) is 17.7 Å². The fraction of sp³-hybridized carbons (Fsp3) is 0.480. The lowest BCUT2D eigenvalue weighted by Crippen LogP contribution is -2.35. The Kier molecular flexibility index (Phi) is 5.76. The number of nitrogens with zero attached hydrogens (tertiary/aromatic N) is 2. The van der Waals surface area contributed by atoms with Crippen LogP contribution in [0.1, 0.15) is 43.0 Å². The Balaban J connectivity index is 1.46. The summed E-state index contributed by atoms with van der Waals surface area (Å²) < 4.78 is 29.0. The molecule has 4 unspecified atom stereocenters. The summed E-state index contributed by atoms with van der Waals surface area (Å²) in [5.41, 5.74) is 3.19. The Hall–Kier alpha value is -2.68. The summed E-state index contributed by atoms with van der Waals surface area (Å²) in [6.07, 6.45) is 1.61. The zero-order valence-corrected chi connectivity index (χ0v) is 19.1. The minimum atomic E-state index is -1.09. The molecule has 0 amide bonds. The SMILES string of the molecule is Cc1ccnc2c1ccn2C1CC(Oc2cc(OC(C)C)c(F)c3c2CNCC3)C(O)C1O. The molecule has 8 heteroatoms. The van der Waals surface area contributed by atoms with Crippen molar-refractivity contribution in [3.8, 4) is 11.5 Å². The van der Waals surface area contributed by atoms with Gasteiger partial charge in [0.15, 0.2) is 11.6 Å². The van der Waals surface area contributed by atoms with Gasteiger partial charge in [0.25, 0.3) is 0 Å². The molecule has 3 aromatic rings. The minimum absolute atomic E-state index is 0.154. The molecule has 2 aliphatic rings. The van der Waals surface area contributed by atoms with Crippen molar-refractivity contribution in [2.24, 2.45) is 0 Å². The zero-order chi connectivity index (χ0) is 23.3. The predicted molar refractivity (Wildman–Crippen MR) is 122 cm³/mol. The van der Waals surface area contributed by atoms with Crippen LogP contribution in [-0.2, 0) is 13.0 Å².